The summed E-state index contributed by atoms with van der Waals surface area (Å²) in [5, 5.41) is 2.28. The van der Waals surface area contributed by atoms with Gasteiger partial charge in [-0.15, -0.1) is 0 Å². The number of rotatable bonds is 0. The fraction of sp³-hybridized carbons (Fsp3) is 0. The standard InChI is InChI=1S/C12H9BFN/c13-15-11-4-2-1-3-9(11)10-6-5-8(14)7-12(10)15/h1-7H,13H2. The minimum atomic E-state index is -0.187. The van der Waals surface area contributed by atoms with Gasteiger partial charge in [-0.25, -0.2) is 4.39 Å². The molecule has 0 aliphatic heterocycles. The van der Waals surface area contributed by atoms with Crippen molar-refractivity contribution in [2.75, 3.05) is 0 Å². The predicted molar refractivity (Wildman–Crippen MR) is 63.3 cm³/mol. The quantitative estimate of drug-likeness (QED) is 0.487. The first kappa shape index (κ1) is 8.54. The van der Waals surface area contributed by atoms with Gasteiger partial charge in [-0.05, 0) is 24.3 Å². The molecule has 15 heavy (non-hydrogen) atoms. The second kappa shape index (κ2) is 2.86. The summed E-state index contributed by atoms with van der Waals surface area (Å²) >= 11 is 0. The molecule has 0 atom stereocenters. The van der Waals surface area contributed by atoms with Gasteiger partial charge in [0, 0.05) is 21.8 Å². The average molecular weight is 197 g/mol. The fourth-order valence-corrected chi connectivity index (χ4v) is 2.13. The van der Waals surface area contributed by atoms with Crippen LogP contribution in [0.5, 0.6) is 0 Å². The van der Waals surface area contributed by atoms with Crippen LogP contribution >= 0.6 is 0 Å². The normalized spacial score (nSPS) is 11.3. The third-order valence-electron chi connectivity index (χ3n) is 2.88. The molecule has 1 aromatic heterocycles. The molecule has 0 aliphatic carbocycles. The molecule has 3 aromatic rings. The third-order valence-corrected chi connectivity index (χ3v) is 2.88. The first-order chi connectivity index (χ1) is 7.27. The molecule has 0 fully saturated rings. The number of halogens is 1. The molecule has 1 heterocycles. The Morgan fingerprint density at radius 1 is 0.933 bits per heavy atom. The molecule has 0 saturated heterocycles. The second-order valence-corrected chi connectivity index (χ2v) is 3.74. The Morgan fingerprint density at radius 3 is 2.53 bits per heavy atom. The van der Waals surface area contributed by atoms with Gasteiger partial charge in [-0.3, -0.25) is 0 Å². The van der Waals surface area contributed by atoms with Crippen LogP contribution in [0.4, 0.5) is 4.39 Å². The van der Waals surface area contributed by atoms with Gasteiger partial charge < -0.3 is 4.48 Å². The van der Waals surface area contributed by atoms with Crippen LogP contribution in [0.1, 0.15) is 0 Å². The van der Waals surface area contributed by atoms with E-state index >= 15 is 0 Å². The molecular weight excluding hydrogens is 188 g/mol. The molecule has 0 radical (unpaired) electrons. The van der Waals surface area contributed by atoms with Crippen molar-refractivity contribution in [3.63, 3.8) is 0 Å². The van der Waals surface area contributed by atoms with E-state index in [-0.39, 0.29) is 5.82 Å². The van der Waals surface area contributed by atoms with Crippen LogP contribution in [0.3, 0.4) is 0 Å². The van der Waals surface area contributed by atoms with Gasteiger partial charge in [-0.2, -0.15) is 0 Å². The van der Waals surface area contributed by atoms with Crippen molar-refractivity contribution in [1.29, 1.82) is 0 Å². The van der Waals surface area contributed by atoms with Crippen LogP contribution in [0, 0.1) is 5.82 Å². The molecule has 0 aliphatic rings. The lowest BCUT2D eigenvalue weighted by Gasteiger charge is -1.97. The molecule has 2 aromatic carbocycles. The van der Waals surface area contributed by atoms with E-state index in [1.165, 1.54) is 11.5 Å². The van der Waals surface area contributed by atoms with E-state index in [4.69, 9.17) is 0 Å². The highest BCUT2D eigenvalue weighted by molar-refractivity contribution is 6.21. The summed E-state index contributed by atoms with van der Waals surface area (Å²) in [7, 11) is 1.96. The van der Waals surface area contributed by atoms with Gasteiger partial charge in [0.25, 0.3) is 0 Å². The van der Waals surface area contributed by atoms with Crippen LogP contribution in [0.25, 0.3) is 21.8 Å². The van der Waals surface area contributed by atoms with Gasteiger partial charge >= 0.3 is 0 Å². The van der Waals surface area contributed by atoms with Crippen LogP contribution in [0.2, 0.25) is 0 Å². The van der Waals surface area contributed by atoms with Gasteiger partial charge in [0.2, 0.25) is 7.98 Å². The zero-order chi connectivity index (χ0) is 10.4. The van der Waals surface area contributed by atoms with Crippen LogP contribution in [-0.2, 0) is 0 Å². The summed E-state index contributed by atoms with van der Waals surface area (Å²) in [5.41, 5.74) is 2.08. The highest BCUT2D eigenvalue weighted by Gasteiger charge is 2.06. The Kier molecular flexibility index (Phi) is 1.63. The Bertz CT molecular complexity index is 657. The van der Waals surface area contributed by atoms with Crippen molar-refractivity contribution >= 4 is 29.8 Å². The molecule has 1 nitrogen and oxygen atoms in total. The van der Waals surface area contributed by atoms with Crippen molar-refractivity contribution in [3.8, 4) is 0 Å². The molecule has 0 unspecified atom stereocenters. The summed E-state index contributed by atoms with van der Waals surface area (Å²) in [6, 6.07) is 13.0. The Morgan fingerprint density at radius 2 is 1.67 bits per heavy atom. The van der Waals surface area contributed by atoms with E-state index in [9.17, 15) is 4.39 Å². The molecule has 3 heteroatoms. The highest BCUT2D eigenvalue weighted by Crippen LogP contribution is 2.27. The van der Waals surface area contributed by atoms with Gasteiger partial charge in [0.15, 0.2) is 0 Å². The fourth-order valence-electron chi connectivity index (χ4n) is 2.13. The number of hydrogen-bond donors (Lipinski definition) is 0. The van der Waals surface area contributed by atoms with E-state index < -0.39 is 0 Å². The van der Waals surface area contributed by atoms with Crippen molar-refractivity contribution in [2.24, 2.45) is 0 Å². The van der Waals surface area contributed by atoms with Crippen molar-refractivity contribution in [2.45, 2.75) is 0 Å². The van der Waals surface area contributed by atoms with Gasteiger partial charge in [0.05, 0.1) is 0 Å². The maximum Gasteiger partial charge on any atom is 0.223 e. The monoisotopic (exact) mass is 197 g/mol. The summed E-state index contributed by atoms with van der Waals surface area (Å²) < 4.78 is 15.2. The van der Waals surface area contributed by atoms with Crippen molar-refractivity contribution in [1.82, 2.24) is 4.48 Å². The van der Waals surface area contributed by atoms with Crippen molar-refractivity contribution < 1.29 is 4.39 Å². The number of fused-ring (bicyclic) bond motifs is 3. The zero-order valence-corrected chi connectivity index (χ0v) is 8.37. The Hall–Kier alpha value is -1.77. The van der Waals surface area contributed by atoms with E-state index in [1.54, 1.807) is 6.07 Å². The molecular formula is C12H9BFN. The first-order valence-electron chi connectivity index (χ1n) is 4.90. The van der Waals surface area contributed by atoms with Crippen LogP contribution in [0.15, 0.2) is 42.5 Å². The molecule has 0 spiro atoms. The SMILES string of the molecule is Bn1c2ccccc2c2ccc(F)cc21. The maximum absolute atomic E-state index is 13.1. The Balaban J connectivity index is 2.63. The van der Waals surface area contributed by atoms with E-state index in [2.05, 4.69) is 6.07 Å². The third kappa shape index (κ3) is 1.09. The lowest BCUT2D eigenvalue weighted by Crippen LogP contribution is -1.89. The van der Waals surface area contributed by atoms with E-state index in [0.717, 1.165) is 16.4 Å². The highest BCUT2D eigenvalue weighted by atomic mass is 19.1. The molecule has 0 N–H and O–H groups in total. The summed E-state index contributed by atoms with van der Waals surface area (Å²) in [5.74, 6) is -0.187. The van der Waals surface area contributed by atoms with E-state index in [0.29, 0.717) is 0 Å². The first-order valence-corrected chi connectivity index (χ1v) is 4.90. The summed E-state index contributed by atoms with van der Waals surface area (Å²) in [4.78, 5) is 0. The molecule has 0 saturated carbocycles. The number of benzene rings is 2. The number of aromatic nitrogens is 1. The smallest absolute Gasteiger partial charge is 0.223 e. The summed E-state index contributed by atoms with van der Waals surface area (Å²) in [6.45, 7) is 0. The lowest BCUT2D eigenvalue weighted by atomic mass is 10.1. The zero-order valence-electron chi connectivity index (χ0n) is 8.37. The maximum atomic E-state index is 13.1. The topological polar surface area (TPSA) is 4.93 Å². The lowest BCUT2D eigenvalue weighted by molar-refractivity contribution is 0.629. The predicted octanol–water partition coefficient (Wildman–Crippen LogP) is 2.33. The largest absolute Gasteiger partial charge is 0.393 e. The molecule has 0 bridgehead atoms. The van der Waals surface area contributed by atoms with Gasteiger partial charge in [-0.1, -0.05) is 18.2 Å². The van der Waals surface area contributed by atoms with E-state index in [1.807, 2.05) is 36.7 Å². The second-order valence-electron chi connectivity index (χ2n) is 3.74. The van der Waals surface area contributed by atoms with Crippen LogP contribution < -0.4 is 0 Å². The number of nitrogens with zero attached hydrogens (tertiary/aromatic N) is 1. The Labute approximate surface area is 87.6 Å². The minimum absolute atomic E-state index is 0.187. The van der Waals surface area contributed by atoms with Crippen molar-refractivity contribution in [3.05, 3.63) is 48.3 Å². The van der Waals surface area contributed by atoms with Gasteiger partial charge in [0.1, 0.15) is 5.82 Å². The van der Waals surface area contributed by atoms with Crippen LogP contribution in [-0.4, -0.2) is 12.5 Å². The average Bonchev–Trinajstić information content (AvgIpc) is 2.54. The molecule has 3 rings (SSSR count). The molecule has 72 valence electrons. The number of para-hydroxylation sites is 1. The molecule has 0 amide bonds. The minimum Gasteiger partial charge on any atom is -0.393 e. The number of hydrogen-bond acceptors (Lipinski definition) is 0. The summed E-state index contributed by atoms with van der Waals surface area (Å²) in [6.07, 6.45) is 0.